The monoisotopic (exact) mass is 280 g/mol. The molecule has 2 amide bonds. The summed E-state index contributed by atoms with van der Waals surface area (Å²) in [5.74, 6) is -1.04. The third-order valence-electron chi connectivity index (χ3n) is 2.16. The van der Waals surface area contributed by atoms with Crippen LogP contribution in [0.1, 0.15) is 13.3 Å². The average molecular weight is 280 g/mol. The SMILES string of the molecule is CC(CCNC(=O)NCCOCC(=O)O)S(C)=O. The molecule has 0 spiro atoms. The van der Waals surface area contributed by atoms with E-state index in [2.05, 4.69) is 10.6 Å². The zero-order valence-electron chi connectivity index (χ0n) is 10.6. The quantitative estimate of drug-likeness (QED) is 0.496. The van der Waals surface area contributed by atoms with Crippen LogP contribution in [-0.2, 0) is 20.3 Å². The fourth-order valence-electron chi connectivity index (χ4n) is 1.01. The summed E-state index contributed by atoms with van der Waals surface area (Å²) in [5.41, 5.74) is 0. The Morgan fingerprint density at radius 3 is 2.50 bits per heavy atom. The van der Waals surface area contributed by atoms with E-state index in [9.17, 15) is 13.8 Å². The van der Waals surface area contributed by atoms with Crippen LogP contribution in [0.2, 0.25) is 0 Å². The number of carboxylic acids is 1. The van der Waals surface area contributed by atoms with Crippen LogP contribution in [0.5, 0.6) is 0 Å². The lowest BCUT2D eigenvalue weighted by molar-refractivity contribution is -0.142. The van der Waals surface area contributed by atoms with Gasteiger partial charge in [0.15, 0.2) is 0 Å². The Morgan fingerprint density at radius 2 is 1.94 bits per heavy atom. The second-order valence-corrected chi connectivity index (χ2v) is 5.53. The number of carboxylic acid groups (broad SMARTS) is 1. The van der Waals surface area contributed by atoms with Crippen LogP contribution < -0.4 is 10.6 Å². The van der Waals surface area contributed by atoms with Crippen LogP contribution in [0.25, 0.3) is 0 Å². The maximum atomic E-state index is 11.2. The van der Waals surface area contributed by atoms with Crippen molar-refractivity contribution in [2.24, 2.45) is 0 Å². The van der Waals surface area contributed by atoms with E-state index in [1.165, 1.54) is 0 Å². The number of carbonyl (C=O) groups is 2. The van der Waals surface area contributed by atoms with Gasteiger partial charge < -0.3 is 20.5 Å². The van der Waals surface area contributed by atoms with Crippen molar-refractivity contribution in [2.75, 3.05) is 32.6 Å². The largest absolute Gasteiger partial charge is 0.480 e. The summed E-state index contributed by atoms with van der Waals surface area (Å²) in [4.78, 5) is 21.3. The highest BCUT2D eigenvalue weighted by atomic mass is 32.2. The summed E-state index contributed by atoms with van der Waals surface area (Å²) >= 11 is 0. The minimum Gasteiger partial charge on any atom is -0.480 e. The van der Waals surface area contributed by atoms with E-state index in [-0.39, 0.29) is 31.0 Å². The maximum absolute atomic E-state index is 11.2. The van der Waals surface area contributed by atoms with Gasteiger partial charge in [-0.05, 0) is 6.42 Å². The number of hydrogen-bond donors (Lipinski definition) is 3. The molecule has 0 bridgehead atoms. The number of hydrogen-bond acceptors (Lipinski definition) is 4. The fourth-order valence-corrected chi connectivity index (χ4v) is 1.46. The van der Waals surface area contributed by atoms with Gasteiger partial charge in [0.05, 0.1) is 6.61 Å². The number of nitrogens with one attached hydrogen (secondary N) is 2. The molecular formula is C10H20N2O5S. The Bertz CT molecular complexity index is 298. The molecule has 2 atom stereocenters. The van der Waals surface area contributed by atoms with E-state index < -0.39 is 16.8 Å². The Hall–Kier alpha value is -1.15. The molecule has 0 aromatic heterocycles. The molecule has 0 saturated carbocycles. The number of carbonyl (C=O) groups excluding carboxylic acids is 1. The molecule has 3 N–H and O–H groups in total. The molecule has 0 heterocycles. The van der Waals surface area contributed by atoms with Crippen molar-refractivity contribution in [3.8, 4) is 0 Å². The van der Waals surface area contributed by atoms with E-state index in [1.54, 1.807) is 6.26 Å². The molecule has 0 aromatic rings. The Kier molecular flexibility index (Phi) is 9.21. The highest BCUT2D eigenvalue weighted by Crippen LogP contribution is 1.96. The zero-order valence-corrected chi connectivity index (χ0v) is 11.4. The first-order chi connectivity index (χ1) is 8.43. The number of urea groups is 1. The van der Waals surface area contributed by atoms with Crippen molar-refractivity contribution in [3.63, 3.8) is 0 Å². The van der Waals surface area contributed by atoms with E-state index in [0.717, 1.165) is 0 Å². The van der Waals surface area contributed by atoms with Crippen LogP contribution in [0.3, 0.4) is 0 Å². The lowest BCUT2D eigenvalue weighted by Crippen LogP contribution is -2.38. The molecule has 0 radical (unpaired) electrons. The second-order valence-electron chi connectivity index (χ2n) is 3.73. The lowest BCUT2D eigenvalue weighted by atomic mass is 10.3. The van der Waals surface area contributed by atoms with Crippen LogP contribution in [-0.4, -0.2) is 59.1 Å². The van der Waals surface area contributed by atoms with Gasteiger partial charge >= 0.3 is 12.0 Å². The lowest BCUT2D eigenvalue weighted by Gasteiger charge is -2.10. The van der Waals surface area contributed by atoms with Gasteiger partial charge in [0.25, 0.3) is 0 Å². The molecule has 18 heavy (non-hydrogen) atoms. The Morgan fingerprint density at radius 1 is 1.33 bits per heavy atom. The van der Waals surface area contributed by atoms with Gasteiger partial charge in [0.1, 0.15) is 6.61 Å². The van der Waals surface area contributed by atoms with Gasteiger partial charge in [-0.15, -0.1) is 0 Å². The first kappa shape index (κ1) is 16.9. The molecule has 0 aromatic carbocycles. The third kappa shape index (κ3) is 10.0. The van der Waals surface area contributed by atoms with Crippen molar-refractivity contribution in [3.05, 3.63) is 0 Å². The molecular weight excluding hydrogens is 260 g/mol. The summed E-state index contributed by atoms with van der Waals surface area (Å²) in [6.07, 6.45) is 2.27. The predicted molar refractivity (Wildman–Crippen MR) is 68.0 cm³/mol. The average Bonchev–Trinajstić information content (AvgIpc) is 2.27. The summed E-state index contributed by atoms with van der Waals surface area (Å²) in [6, 6.07) is -0.344. The van der Waals surface area contributed by atoms with Gasteiger partial charge in [0.2, 0.25) is 0 Å². The Balaban J connectivity index is 3.43. The molecule has 8 heteroatoms. The van der Waals surface area contributed by atoms with E-state index in [4.69, 9.17) is 9.84 Å². The zero-order chi connectivity index (χ0) is 14.0. The molecule has 0 fully saturated rings. The van der Waals surface area contributed by atoms with Crippen LogP contribution in [0.4, 0.5) is 4.79 Å². The molecule has 0 rings (SSSR count). The first-order valence-corrected chi connectivity index (χ1v) is 7.19. The van der Waals surface area contributed by atoms with Crippen molar-refractivity contribution in [1.29, 1.82) is 0 Å². The summed E-state index contributed by atoms with van der Waals surface area (Å²) in [5, 5.41) is 13.5. The fraction of sp³-hybridized carbons (Fsp3) is 0.800. The van der Waals surface area contributed by atoms with E-state index in [0.29, 0.717) is 13.0 Å². The molecule has 0 aliphatic heterocycles. The maximum Gasteiger partial charge on any atom is 0.329 e. The topological polar surface area (TPSA) is 105 Å². The first-order valence-electron chi connectivity index (χ1n) is 5.57. The minimum atomic E-state index is -1.04. The van der Waals surface area contributed by atoms with Crippen LogP contribution in [0, 0.1) is 0 Å². The van der Waals surface area contributed by atoms with Crippen molar-refractivity contribution in [1.82, 2.24) is 10.6 Å². The number of aliphatic carboxylic acids is 1. The minimum absolute atomic E-state index is 0.0456. The summed E-state index contributed by atoms with van der Waals surface area (Å²) in [6.45, 7) is 2.32. The van der Waals surface area contributed by atoms with Gasteiger partial charge in [-0.3, -0.25) is 4.21 Å². The Labute approximate surface area is 109 Å². The second kappa shape index (κ2) is 9.84. The highest BCUT2D eigenvalue weighted by molar-refractivity contribution is 7.84. The smallest absolute Gasteiger partial charge is 0.329 e. The normalized spacial score (nSPS) is 13.7. The van der Waals surface area contributed by atoms with Gasteiger partial charge in [-0.2, -0.15) is 0 Å². The molecule has 0 aliphatic carbocycles. The molecule has 0 aliphatic rings. The van der Waals surface area contributed by atoms with Gasteiger partial charge in [-0.25, -0.2) is 9.59 Å². The van der Waals surface area contributed by atoms with Crippen molar-refractivity contribution >= 4 is 22.8 Å². The number of rotatable bonds is 9. The third-order valence-corrected chi connectivity index (χ3v) is 3.53. The predicted octanol–water partition coefficient (Wildman–Crippen LogP) is -0.456. The van der Waals surface area contributed by atoms with Gasteiger partial charge in [-0.1, -0.05) is 6.92 Å². The van der Waals surface area contributed by atoms with Gasteiger partial charge in [0, 0.05) is 35.4 Å². The number of ether oxygens (including phenoxy) is 1. The number of amides is 2. The molecule has 2 unspecified atom stereocenters. The summed E-state index contributed by atoms with van der Waals surface area (Å²) in [7, 11) is -0.885. The van der Waals surface area contributed by atoms with Crippen molar-refractivity contribution < 1.29 is 23.6 Å². The van der Waals surface area contributed by atoms with Crippen LogP contribution in [0.15, 0.2) is 0 Å². The molecule has 0 saturated heterocycles. The molecule has 106 valence electrons. The highest BCUT2D eigenvalue weighted by Gasteiger charge is 2.06. The van der Waals surface area contributed by atoms with E-state index in [1.807, 2.05) is 6.92 Å². The standard InChI is InChI=1S/C10H20N2O5S/c1-8(18(2)16)3-4-11-10(15)12-5-6-17-7-9(13)14/h8H,3-7H2,1-2H3,(H,13,14)(H2,11,12,15). The van der Waals surface area contributed by atoms with Crippen molar-refractivity contribution in [2.45, 2.75) is 18.6 Å². The van der Waals surface area contributed by atoms with E-state index >= 15 is 0 Å². The molecule has 7 nitrogen and oxygen atoms in total. The van der Waals surface area contributed by atoms with Crippen LogP contribution >= 0.6 is 0 Å². The summed E-state index contributed by atoms with van der Waals surface area (Å²) < 4.78 is 15.8.